The fraction of sp³-hybridized carbons (Fsp3) is 0.714. The van der Waals surface area contributed by atoms with Crippen molar-refractivity contribution in [1.82, 2.24) is 0 Å². The Labute approximate surface area is 51.1 Å². The Morgan fingerprint density at radius 3 is 2.62 bits per heavy atom. The molecule has 0 aliphatic rings. The average Bonchev–Trinajstić information content (AvgIpc) is 1.66. The van der Waals surface area contributed by atoms with Crippen LogP contribution in [0.15, 0.2) is 0 Å². The maximum absolute atomic E-state index is 10.3. The van der Waals surface area contributed by atoms with Gasteiger partial charge in [-0.1, -0.05) is 19.8 Å². The van der Waals surface area contributed by atoms with Crippen molar-refractivity contribution < 1.29 is 4.79 Å². The second-order valence-corrected chi connectivity index (χ2v) is 1.98. The third-order valence-corrected chi connectivity index (χ3v) is 0.925. The molecule has 0 aliphatic heterocycles. The summed E-state index contributed by atoms with van der Waals surface area (Å²) in [5.74, 6) is 0.262. The molecule has 0 bridgehead atoms. The molecule has 0 aromatic rings. The molecular formula is C7H13O. The molecular weight excluding hydrogens is 100 g/mol. The number of hydrogen-bond acceptors (Lipinski definition) is 1. The number of ketones is 1. The lowest BCUT2D eigenvalue weighted by Gasteiger charge is -1.90. The van der Waals surface area contributed by atoms with Crippen LogP contribution in [-0.4, -0.2) is 5.78 Å². The van der Waals surface area contributed by atoms with Crippen LogP contribution in [0.1, 0.15) is 33.1 Å². The van der Waals surface area contributed by atoms with Gasteiger partial charge in [-0.2, -0.15) is 0 Å². The van der Waals surface area contributed by atoms with Gasteiger partial charge in [-0.05, 0) is 13.3 Å². The summed E-state index contributed by atoms with van der Waals surface area (Å²) in [6.45, 7) is 3.72. The van der Waals surface area contributed by atoms with E-state index in [1.165, 1.54) is 0 Å². The normalized spacial score (nSPS) is 9.25. The highest BCUT2D eigenvalue weighted by molar-refractivity contribution is 5.76. The second-order valence-electron chi connectivity index (χ2n) is 1.98. The van der Waals surface area contributed by atoms with Crippen LogP contribution >= 0.6 is 0 Å². The van der Waals surface area contributed by atoms with E-state index in [-0.39, 0.29) is 5.78 Å². The SMILES string of the molecule is CCC[CH]CC(C)=O. The van der Waals surface area contributed by atoms with Crippen molar-refractivity contribution in [2.24, 2.45) is 0 Å². The molecule has 0 saturated heterocycles. The molecule has 0 rings (SSSR count). The first-order valence-electron chi connectivity index (χ1n) is 3.08. The van der Waals surface area contributed by atoms with Gasteiger partial charge < -0.3 is 4.79 Å². The number of Topliss-reactive ketones (excluding diaryl/α,β-unsaturated/α-hetero) is 1. The van der Waals surface area contributed by atoms with Gasteiger partial charge >= 0.3 is 0 Å². The van der Waals surface area contributed by atoms with Crippen molar-refractivity contribution in [2.45, 2.75) is 33.1 Å². The summed E-state index contributed by atoms with van der Waals surface area (Å²) in [4.78, 5) is 10.3. The summed E-state index contributed by atoms with van der Waals surface area (Å²) in [7, 11) is 0. The minimum absolute atomic E-state index is 0.262. The smallest absolute Gasteiger partial charge is 0.130 e. The first kappa shape index (κ1) is 7.67. The number of hydrogen-bond donors (Lipinski definition) is 0. The third kappa shape index (κ3) is 5.67. The van der Waals surface area contributed by atoms with E-state index in [4.69, 9.17) is 0 Å². The predicted molar refractivity (Wildman–Crippen MR) is 34.5 cm³/mol. The topological polar surface area (TPSA) is 17.1 Å². The van der Waals surface area contributed by atoms with Crippen LogP contribution in [0.4, 0.5) is 0 Å². The first-order chi connectivity index (χ1) is 3.77. The van der Waals surface area contributed by atoms with Gasteiger partial charge in [0.2, 0.25) is 0 Å². The van der Waals surface area contributed by atoms with Crippen LogP contribution in [0.5, 0.6) is 0 Å². The zero-order valence-corrected chi connectivity index (χ0v) is 5.61. The van der Waals surface area contributed by atoms with Crippen LogP contribution in [0.3, 0.4) is 0 Å². The highest BCUT2D eigenvalue weighted by atomic mass is 16.1. The Bertz CT molecular complexity index is 66.8. The van der Waals surface area contributed by atoms with Gasteiger partial charge in [0, 0.05) is 6.42 Å². The molecule has 8 heavy (non-hydrogen) atoms. The molecule has 0 N–H and O–H groups in total. The molecule has 1 radical (unpaired) electrons. The van der Waals surface area contributed by atoms with Gasteiger partial charge in [-0.15, -0.1) is 0 Å². The summed E-state index contributed by atoms with van der Waals surface area (Å²) in [5.41, 5.74) is 0. The molecule has 1 nitrogen and oxygen atoms in total. The van der Waals surface area contributed by atoms with Gasteiger partial charge in [0.15, 0.2) is 0 Å². The van der Waals surface area contributed by atoms with E-state index >= 15 is 0 Å². The molecule has 0 atom stereocenters. The summed E-state index contributed by atoms with van der Waals surface area (Å²) in [5, 5.41) is 0. The molecule has 0 amide bonds. The minimum atomic E-state index is 0.262. The van der Waals surface area contributed by atoms with E-state index in [0.29, 0.717) is 6.42 Å². The Morgan fingerprint density at radius 1 is 1.62 bits per heavy atom. The Balaban J connectivity index is 2.82. The van der Waals surface area contributed by atoms with Crippen LogP contribution in [-0.2, 0) is 4.79 Å². The van der Waals surface area contributed by atoms with Crippen LogP contribution < -0.4 is 0 Å². The van der Waals surface area contributed by atoms with Crippen LogP contribution in [0, 0.1) is 6.42 Å². The summed E-state index contributed by atoms with van der Waals surface area (Å²) >= 11 is 0. The Hall–Kier alpha value is -0.330. The van der Waals surface area contributed by atoms with Crippen molar-refractivity contribution in [2.75, 3.05) is 0 Å². The summed E-state index contributed by atoms with van der Waals surface area (Å²) in [6.07, 6.45) is 4.89. The van der Waals surface area contributed by atoms with E-state index in [1.54, 1.807) is 6.92 Å². The maximum Gasteiger partial charge on any atom is 0.130 e. The number of rotatable bonds is 4. The van der Waals surface area contributed by atoms with E-state index in [2.05, 4.69) is 6.92 Å². The lowest BCUT2D eigenvalue weighted by Crippen LogP contribution is -1.88. The van der Waals surface area contributed by atoms with Crippen LogP contribution in [0.2, 0.25) is 0 Å². The zero-order chi connectivity index (χ0) is 6.41. The molecule has 0 saturated carbocycles. The monoisotopic (exact) mass is 113 g/mol. The largest absolute Gasteiger partial charge is 0.300 e. The molecule has 1 heteroatoms. The summed E-state index contributed by atoms with van der Waals surface area (Å²) < 4.78 is 0. The van der Waals surface area contributed by atoms with Crippen molar-refractivity contribution in [3.63, 3.8) is 0 Å². The van der Waals surface area contributed by atoms with E-state index < -0.39 is 0 Å². The van der Waals surface area contributed by atoms with Gasteiger partial charge in [-0.3, -0.25) is 0 Å². The van der Waals surface area contributed by atoms with Gasteiger partial charge in [0.25, 0.3) is 0 Å². The molecule has 0 aromatic carbocycles. The molecule has 47 valence electrons. The Kier molecular flexibility index (Phi) is 4.62. The minimum Gasteiger partial charge on any atom is -0.300 e. The quantitative estimate of drug-likeness (QED) is 0.509. The van der Waals surface area contributed by atoms with Crippen molar-refractivity contribution >= 4 is 5.78 Å². The molecule has 0 heterocycles. The average molecular weight is 113 g/mol. The zero-order valence-electron chi connectivity index (χ0n) is 5.61. The van der Waals surface area contributed by atoms with E-state index in [9.17, 15) is 4.79 Å². The van der Waals surface area contributed by atoms with Crippen LogP contribution in [0.25, 0.3) is 0 Å². The highest BCUT2D eigenvalue weighted by Crippen LogP contribution is 1.96. The Morgan fingerprint density at radius 2 is 2.25 bits per heavy atom. The van der Waals surface area contributed by atoms with Gasteiger partial charge in [0.05, 0.1) is 0 Å². The number of carbonyl (C=O) groups is 1. The fourth-order valence-corrected chi connectivity index (χ4v) is 0.509. The number of unbranched alkanes of at least 4 members (excludes halogenated alkanes) is 2. The first-order valence-corrected chi connectivity index (χ1v) is 3.08. The van der Waals surface area contributed by atoms with E-state index in [1.807, 2.05) is 6.42 Å². The second kappa shape index (κ2) is 4.82. The summed E-state index contributed by atoms with van der Waals surface area (Å²) in [6, 6.07) is 0. The van der Waals surface area contributed by atoms with Crippen molar-refractivity contribution in [3.8, 4) is 0 Å². The predicted octanol–water partition coefficient (Wildman–Crippen LogP) is 1.97. The van der Waals surface area contributed by atoms with Crippen molar-refractivity contribution in [3.05, 3.63) is 6.42 Å². The molecule has 0 aromatic heterocycles. The molecule has 0 fully saturated rings. The molecule has 0 spiro atoms. The number of carbonyl (C=O) groups excluding carboxylic acids is 1. The van der Waals surface area contributed by atoms with Crippen molar-refractivity contribution in [1.29, 1.82) is 0 Å². The van der Waals surface area contributed by atoms with Gasteiger partial charge in [-0.25, -0.2) is 0 Å². The molecule has 0 aliphatic carbocycles. The standard InChI is InChI=1S/C7H13O/c1-3-4-5-6-7(2)8/h5H,3-4,6H2,1-2H3. The fourth-order valence-electron chi connectivity index (χ4n) is 0.509. The maximum atomic E-state index is 10.3. The third-order valence-electron chi connectivity index (χ3n) is 0.925. The van der Waals surface area contributed by atoms with Gasteiger partial charge in [0.1, 0.15) is 5.78 Å². The highest BCUT2D eigenvalue weighted by Gasteiger charge is 1.90. The molecule has 0 unspecified atom stereocenters. The lowest BCUT2D eigenvalue weighted by atomic mass is 10.2. The lowest BCUT2D eigenvalue weighted by molar-refractivity contribution is -0.116. The van der Waals surface area contributed by atoms with E-state index in [0.717, 1.165) is 12.8 Å².